The van der Waals surface area contributed by atoms with Crippen molar-refractivity contribution >= 4 is 17.3 Å². The van der Waals surface area contributed by atoms with Crippen molar-refractivity contribution in [1.82, 2.24) is 0 Å². The molecular weight excluding hydrogens is 200 g/mol. The Bertz CT molecular complexity index is 361. The van der Waals surface area contributed by atoms with Crippen LogP contribution in [0.5, 0.6) is 0 Å². The molecule has 0 fully saturated rings. The van der Waals surface area contributed by atoms with Crippen LogP contribution in [0, 0.1) is 5.92 Å². The molecule has 1 amide bonds. The van der Waals surface area contributed by atoms with Crippen molar-refractivity contribution in [2.45, 2.75) is 27.2 Å². The van der Waals surface area contributed by atoms with Gasteiger partial charge in [0, 0.05) is 23.8 Å². The van der Waals surface area contributed by atoms with Crippen molar-refractivity contribution in [2.24, 2.45) is 5.92 Å². The molecule has 1 rings (SSSR count). The summed E-state index contributed by atoms with van der Waals surface area (Å²) in [7, 11) is 0. The van der Waals surface area contributed by atoms with Crippen molar-refractivity contribution < 1.29 is 4.79 Å². The molecule has 3 nitrogen and oxygen atoms in total. The molecule has 3 heteroatoms. The van der Waals surface area contributed by atoms with Crippen LogP contribution in [0.1, 0.15) is 27.2 Å². The molecule has 0 saturated heterocycles. The molecule has 0 saturated carbocycles. The maximum atomic E-state index is 12.0. The molecule has 1 aromatic rings. The van der Waals surface area contributed by atoms with Gasteiger partial charge in [0.2, 0.25) is 5.91 Å². The summed E-state index contributed by atoms with van der Waals surface area (Å²) in [5, 5.41) is 0. The van der Waals surface area contributed by atoms with Crippen molar-refractivity contribution in [2.75, 3.05) is 17.2 Å². The van der Waals surface area contributed by atoms with E-state index in [9.17, 15) is 4.79 Å². The number of benzene rings is 1. The molecule has 88 valence electrons. The van der Waals surface area contributed by atoms with Gasteiger partial charge in [0.25, 0.3) is 0 Å². The zero-order chi connectivity index (χ0) is 12.1. The van der Waals surface area contributed by atoms with Crippen LogP contribution in [0.3, 0.4) is 0 Å². The van der Waals surface area contributed by atoms with Gasteiger partial charge in [0.1, 0.15) is 0 Å². The number of rotatable bonds is 4. The first-order valence-corrected chi connectivity index (χ1v) is 5.73. The highest BCUT2D eigenvalue weighted by Crippen LogP contribution is 2.19. The standard InChI is InChI=1S/C13H20N2O/c1-4-8-15(13(16)10(2)3)12-7-5-6-11(14)9-12/h5-7,9-10H,4,8,14H2,1-3H3. The highest BCUT2D eigenvalue weighted by atomic mass is 16.2. The van der Waals surface area contributed by atoms with Gasteiger partial charge in [0.15, 0.2) is 0 Å². The number of nitrogens with two attached hydrogens (primary N) is 1. The predicted octanol–water partition coefficient (Wildman–Crippen LogP) is 2.67. The molecule has 0 aromatic heterocycles. The summed E-state index contributed by atoms with van der Waals surface area (Å²) in [4.78, 5) is 13.8. The first kappa shape index (κ1) is 12.6. The molecule has 1 aromatic carbocycles. The zero-order valence-electron chi connectivity index (χ0n) is 10.2. The first-order chi connectivity index (χ1) is 7.56. The molecule has 0 aliphatic rings. The zero-order valence-corrected chi connectivity index (χ0v) is 10.2. The molecule has 0 radical (unpaired) electrons. The Morgan fingerprint density at radius 2 is 2.12 bits per heavy atom. The second kappa shape index (κ2) is 5.54. The van der Waals surface area contributed by atoms with Gasteiger partial charge >= 0.3 is 0 Å². The van der Waals surface area contributed by atoms with E-state index in [0.717, 1.165) is 18.7 Å². The summed E-state index contributed by atoms with van der Waals surface area (Å²) in [5.41, 5.74) is 7.31. The monoisotopic (exact) mass is 220 g/mol. The molecule has 0 aliphatic heterocycles. The maximum Gasteiger partial charge on any atom is 0.229 e. The quantitative estimate of drug-likeness (QED) is 0.793. The van der Waals surface area contributed by atoms with E-state index >= 15 is 0 Å². The summed E-state index contributed by atoms with van der Waals surface area (Å²) in [6, 6.07) is 7.47. The molecular formula is C13H20N2O. The predicted molar refractivity (Wildman–Crippen MR) is 68.3 cm³/mol. The number of nitrogens with zero attached hydrogens (tertiary/aromatic N) is 1. The van der Waals surface area contributed by atoms with Crippen molar-refractivity contribution in [3.63, 3.8) is 0 Å². The average molecular weight is 220 g/mol. The van der Waals surface area contributed by atoms with Crippen LogP contribution in [0.25, 0.3) is 0 Å². The minimum absolute atomic E-state index is 0.00739. The van der Waals surface area contributed by atoms with Crippen molar-refractivity contribution in [3.8, 4) is 0 Å². The Morgan fingerprint density at radius 1 is 1.44 bits per heavy atom. The second-order valence-corrected chi connectivity index (χ2v) is 4.24. The van der Waals surface area contributed by atoms with E-state index in [-0.39, 0.29) is 11.8 Å². The molecule has 0 spiro atoms. The minimum Gasteiger partial charge on any atom is -0.399 e. The van der Waals surface area contributed by atoms with Crippen molar-refractivity contribution in [3.05, 3.63) is 24.3 Å². The normalized spacial score (nSPS) is 10.5. The Kier molecular flexibility index (Phi) is 4.35. The highest BCUT2D eigenvalue weighted by molar-refractivity contribution is 5.94. The van der Waals surface area contributed by atoms with Gasteiger partial charge in [-0.25, -0.2) is 0 Å². The molecule has 0 bridgehead atoms. The SMILES string of the molecule is CCCN(C(=O)C(C)C)c1cccc(N)c1. The fraction of sp³-hybridized carbons (Fsp3) is 0.462. The Morgan fingerprint density at radius 3 is 2.62 bits per heavy atom. The van der Waals surface area contributed by atoms with Crippen LogP contribution in [0.4, 0.5) is 11.4 Å². The fourth-order valence-electron chi connectivity index (χ4n) is 1.59. The average Bonchev–Trinajstić information content (AvgIpc) is 2.24. The Balaban J connectivity index is 2.97. The molecule has 16 heavy (non-hydrogen) atoms. The number of carbonyl (C=O) groups excluding carboxylic acids is 1. The van der Waals surface area contributed by atoms with Crippen molar-refractivity contribution in [1.29, 1.82) is 0 Å². The number of hydrogen-bond donors (Lipinski definition) is 1. The summed E-state index contributed by atoms with van der Waals surface area (Å²) in [6.07, 6.45) is 0.938. The van der Waals surface area contributed by atoms with Gasteiger partial charge in [-0.1, -0.05) is 26.8 Å². The lowest BCUT2D eigenvalue weighted by Gasteiger charge is -2.24. The van der Waals surface area contributed by atoms with Crippen LogP contribution in [-0.4, -0.2) is 12.5 Å². The molecule has 0 aliphatic carbocycles. The number of anilines is 2. The third-order valence-electron chi connectivity index (χ3n) is 2.39. The second-order valence-electron chi connectivity index (χ2n) is 4.24. The maximum absolute atomic E-state index is 12.0. The largest absolute Gasteiger partial charge is 0.399 e. The molecule has 2 N–H and O–H groups in total. The number of hydrogen-bond acceptors (Lipinski definition) is 2. The van der Waals surface area contributed by atoms with Crippen LogP contribution < -0.4 is 10.6 Å². The van der Waals surface area contributed by atoms with Gasteiger partial charge in [-0.05, 0) is 24.6 Å². The van der Waals surface area contributed by atoms with Gasteiger partial charge in [-0.2, -0.15) is 0 Å². The third-order valence-corrected chi connectivity index (χ3v) is 2.39. The Hall–Kier alpha value is -1.51. The van der Waals surface area contributed by atoms with Crippen LogP contribution >= 0.6 is 0 Å². The molecule has 0 unspecified atom stereocenters. The summed E-state index contributed by atoms with van der Waals surface area (Å²) >= 11 is 0. The van der Waals surface area contributed by atoms with Gasteiger partial charge in [0.05, 0.1) is 0 Å². The van der Waals surface area contributed by atoms with Gasteiger partial charge in [-0.3, -0.25) is 4.79 Å². The van der Waals surface area contributed by atoms with E-state index in [1.807, 2.05) is 38.1 Å². The van der Waals surface area contributed by atoms with Gasteiger partial charge in [-0.15, -0.1) is 0 Å². The summed E-state index contributed by atoms with van der Waals surface area (Å²) in [5.74, 6) is 0.153. The van der Waals surface area contributed by atoms with E-state index in [1.54, 1.807) is 4.90 Å². The third kappa shape index (κ3) is 2.99. The van der Waals surface area contributed by atoms with Crippen LogP contribution in [0.15, 0.2) is 24.3 Å². The smallest absolute Gasteiger partial charge is 0.229 e. The van der Waals surface area contributed by atoms with E-state index in [4.69, 9.17) is 5.73 Å². The number of amides is 1. The van der Waals surface area contributed by atoms with Crippen LogP contribution in [0.2, 0.25) is 0 Å². The fourth-order valence-corrected chi connectivity index (χ4v) is 1.59. The highest BCUT2D eigenvalue weighted by Gasteiger charge is 2.17. The van der Waals surface area contributed by atoms with E-state index in [1.165, 1.54) is 0 Å². The van der Waals surface area contributed by atoms with E-state index in [0.29, 0.717) is 5.69 Å². The van der Waals surface area contributed by atoms with E-state index in [2.05, 4.69) is 6.92 Å². The topological polar surface area (TPSA) is 46.3 Å². The number of nitrogen functional groups attached to an aromatic ring is 1. The summed E-state index contributed by atoms with van der Waals surface area (Å²) in [6.45, 7) is 6.63. The van der Waals surface area contributed by atoms with Gasteiger partial charge < -0.3 is 10.6 Å². The summed E-state index contributed by atoms with van der Waals surface area (Å²) < 4.78 is 0. The first-order valence-electron chi connectivity index (χ1n) is 5.73. The number of carbonyl (C=O) groups is 1. The van der Waals surface area contributed by atoms with E-state index < -0.39 is 0 Å². The lowest BCUT2D eigenvalue weighted by Crippen LogP contribution is -2.34. The molecule has 0 heterocycles. The minimum atomic E-state index is 0.00739. The lowest BCUT2D eigenvalue weighted by molar-refractivity contribution is -0.121. The lowest BCUT2D eigenvalue weighted by atomic mass is 10.1. The Labute approximate surface area is 97.2 Å². The molecule has 0 atom stereocenters. The van der Waals surface area contributed by atoms with Crippen LogP contribution in [-0.2, 0) is 4.79 Å².